The van der Waals surface area contributed by atoms with E-state index in [1.165, 1.54) is 12.2 Å². The number of carboxylic acid groups (broad SMARTS) is 2. The average molecular weight is 390 g/mol. The first kappa shape index (κ1) is 28.9. The Balaban J connectivity index is -0.000000372. The normalized spacial score (nSPS) is 16.4. The van der Waals surface area contributed by atoms with E-state index in [9.17, 15) is 19.8 Å². The van der Waals surface area contributed by atoms with Gasteiger partial charge in [-0.15, -0.1) is 0 Å². The van der Waals surface area contributed by atoms with Crippen LogP contribution in [0.25, 0.3) is 0 Å². The summed E-state index contributed by atoms with van der Waals surface area (Å²) in [6.07, 6.45) is -4.52. The van der Waals surface area contributed by atoms with Gasteiger partial charge in [0.2, 0.25) is 0 Å². The van der Waals surface area contributed by atoms with Crippen LogP contribution in [-0.2, 0) is 9.59 Å². The molecule has 0 aromatic rings. The van der Waals surface area contributed by atoms with Gasteiger partial charge < -0.3 is 50.4 Å². The molecular formula is C14H22CaO10. The van der Waals surface area contributed by atoms with Crippen LogP contribution in [-0.4, -0.2) is 105 Å². The molecular weight excluding hydrogens is 368 g/mol. The summed E-state index contributed by atoms with van der Waals surface area (Å²) in [6, 6.07) is 0. The summed E-state index contributed by atoms with van der Waals surface area (Å²) >= 11 is 0. The number of aliphatic carboxylic acids is 2. The SMILES string of the molecule is CCC=C(O)[C@H](O)[C@@H](O)C(=O)[O-].CCC=C(O)[C@H](O)[C@@H](O)C(=O)[O-].[Ca+2]. The molecule has 6 N–H and O–H groups in total. The Kier molecular flexibility index (Phi) is 17.8. The van der Waals surface area contributed by atoms with Crippen molar-refractivity contribution in [3.05, 3.63) is 23.7 Å². The maximum absolute atomic E-state index is 9.99. The summed E-state index contributed by atoms with van der Waals surface area (Å²) < 4.78 is 0. The number of rotatable bonds is 8. The average Bonchev–Trinajstić information content (AvgIpc) is 2.52. The number of carbonyl (C=O) groups excluding carboxylic acids is 2. The van der Waals surface area contributed by atoms with E-state index in [4.69, 9.17) is 30.6 Å². The molecule has 0 heterocycles. The maximum atomic E-state index is 9.99. The largest absolute Gasteiger partial charge is 2.00 e. The third-order valence-corrected chi connectivity index (χ3v) is 2.51. The zero-order chi connectivity index (χ0) is 19.4. The number of carbonyl (C=O) groups is 2. The van der Waals surface area contributed by atoms with Crippen molar-refractivity contribution in [2.45, 2.75) is 51.1 Å². The Bertz CT molecular complexity index is 421. The van der Waals surface area contributed by atoms with Crippen LogP contribution in [0.2, 0.25) is 0 Å². The molecule has 0 aliphatic rings. The minimum atomic E-state index is -2.09. The minimum absolute atomic E-state index is 0. The fourth-order valence-electron chi connectivity index (χ4n) is 1.24. The van der Waals surface area contributed by atoms with E-state index in [1.807, 2.05) is 0 Å². The molecule has 0 radical (unpaired) electrons. The Hall–Kier alpha value is -0.880. The van der Waals surface area contributed by atoms with E-state index in [2.05, 4.69) is 0 Å². The third-order valence-electron chi connectivity index (χ3n) is 2.51. The summed E-state index contributed by atoms with van der Waals surface area (Å²) in [7, 11) is 0. The van der Waals surface area contributed by atoms with Crippen molar-refractivity contribution in [1.82, 2.24) is 0 Å². The quantitative estimate of drug-likeness (QED) is 0.176. The van der Waals surface area contributed by atoms with Crippen LogP contribution in [0.15, 0.2) is 23.7 Å². The Morgan fingerprint density at radius 3 is 1.16 bits per heavy atom. The molecule has 0 amide bonds. The molecule has 4 atom stereocenters. The molecule has 0 unspecified atom stereocenters. The second-order valence-corrected chi connectivity index (χ2v) is 4.49. The van der Waals surface area contributed by atoms with Crippen LogP contribution < -0.4 is 10.2 Å². The van der Waals surface area contributed by atoms with Gasteiger partial charge in [0.15, 0.2) is 0 Å². The van der Waals surface area contributed by atoms with Gasteiger partial charge in [0.1, 0.15) is 35.9 Å². The van der Waals surface area contributed by atoms with Crippen molar-refractivity contribution < 1.29 is 50.4 Å². The fourth-order valence-corrected chi connectivity index (χ4v) is 1.24. The molecule has 0 aliphatic carbocycles. The first-order chi connectivity index (χ1) is 11.0. The molecule has 25 heavy (non-hydrogen) atoms. The van der Waals surface area contributed by atoms with Crippen molar-refractivity contribution in [1.29, 1.82) is 0 Å². The van der Waals surface area contributed by atoms with Gasteiger partial charge in [-0.1, -0.05) is 13.8 Å². The van der Waals surface area contributed by atoms with Crippen molar-refractivity contribution in [2.24, 2.45) is 0 Å². The molecule has 0 aliphatic heterocycles. The predicted molar refractivity (Wildman–Crippen MR) is 81.8 cm³/mol. The zero-order valence-corrected chi connectivity index (χ0v) is 16.1. The van der Waals surface area contributed by atoms with E-state index in [0.717, 1.165) is 0 Å². The molecule has 0 fully saturated rings. The van der Waals surface area contributed by atoms with Gasteiger partial charge >= 0.3 is 37.7 Å². The van der Waals surface area contributed by atoms with Gasteiger partial charge in [-0.05, 0) is 25.0 Å². The first-order valence-electron chi connectivity index (χ1n) is 6.93. The molecule has 140 valence electrons. The van der Waals surface area contributed by atoms with Gasteiger partial charge in [-0.3, -0.25) is 0 Å². The van der Waals surface area contributed by atoms with Crippen LogP contribution in [0, 0.1) is 0 Å². The summed E-state index contributed by atoms with van der Waals surface area (Å²) in [4.78, 5) is 20.0. The smallest absolute Gasteiger partial charge is 0.547 e. The number of hydrogen-bond acceptors (Lipinski definition) is 10. The monoisotopic (exact) mass is 390 g/mol. The molecule has 11 heteroatoms. The van der Waals surface area contributed by atoms with Gasteiger partial charge in [-0.2, -0.15) is 0 Å². The second-order valence-electron chi connectivity index (χ2n) is 4.49. The Morgan fingerprint density at radius 1 is 0.760 bits per heavy atom. The van der Waals surface area contributed by atoms with E-state index in [-0.39, 0.29) is 37.7 Å². The summed E-state index contributed by atoms with van der Waals surface area (Å²) in [6.45, 7) is 3.38. The Morgan fingerprint density at radius 2 is 1.00 bits per heavy atom. The number of carboxylic acids is 2. The molecule has 0 spiro atoms. The molecule has 0 aromatic carbocycles. The third kappa shape index (κ3) is 12.2. The van der Waals surface area contributed by atoms with Crippen LogP contribution in [0.1, 0.15) is 26.7 Å². The van der Waals surface area contributed by atoms with Crippen molar-refractivity contribution >= 4 is 49.7 Å². The number of aliphatic hydroxyl groups is 6. The molecule has 0 saturated heterocycles. The fraction of sp³-hybridized carbons (Fsp3) is 0.571. The molecule has 0 aromatic heterocycles. The summed E-state index contributed by atoms with van der Waals surface area (Å²) in [5.74, 6) is -4.76. The van der Waals surface area contributed by atoms with Crippen LogP contribution >= 0.6 is 0 Å². The van der Waals surface area contributed by atoms with E-state index >= 15 is 0 Å². The minimum Gasteiger partial charge on any atom is -0.547 e. The summed E-state index contributed by atoms with van der Waals surface area (Å²) in [5, 5.41) is 72.9. The van der Waals surface area contributed by atoms with Gasteiger partial charge in [0.25, 0.3) is 0 Å². The van der Waals surface area contributed by atoms with Gasteiger partial charge in [-0.25, -0.2) is 0 Å². The Labute approximate surface area is 174 Å². The number of allylic oxidation sites excluding steroid dienone is 2. The topological polar surface area (TPSA) is 202 Å². The van der Waals surface area contributed by atoms with E-state index in [1.54, 1.807) is 13.8 Å². The maximum Gasteiger partial charge on any atom is 2.00 e. The van der Waals surface area contributed by atoms with Crippen LogP contribution in [0.3, 0.4) is 0 Å². The first-order valence-corrected chi connectivity index (χ1v) is 6.93. The number of hydrogen-bond donors (Lipinski definition) is 6. The zero-order valence-electron chi connectivity index (χ0n) is 13.9. The van der Waals surface area contributed by atoms with E-state index in [0.29, 0.717) is 12.8 Å². The van der Waals surface area contributed by atoms with E-state index < -0.39 is 47.9 Å². The van der Waals surface area contributed by atoms with Crippen LogP contribution in [0.4, 0.5) is 0 Å². The summed E-state index contributed by atoms with van der Waals surface area (Å²) in [5.41, 5.74) is 0. The van der Waals surface area contributed by atoms with Crippen molar-refractivity contribution in [3.8, 4) is 0 Å². The van der Waals surface area contributed by atoms with Crippen molar-refractivity contribution in [3.63, 3.8) is 0 Å². The van der Waals surface area contributed by atoms with Gasteiger partial charge in [0, 0.05) is 0 Å². The number of aliphatic hydroxyl groups excluding tert-OH is 6. The molecule has 0 saturated carbocycles. The van der Waals surface area contributed by atoms with Gasteiger partial charge in [0.05, 0.1) is 11.9 Å². The standard InChI is InChI=1S/2C7H12O5.Ca/c2*1-2-3-4(8)5(9)6(10)7(11)12;/h2*3,5-6,8-10H,2H2,1H3,(H,11,12);/q;;+2/p-2/t2*5-,6+;/m00./s1. The second kappa shape index (κ2) is 15.4. The molecule has 0 bridgehead atoms. The molecule has 0 rings (SSSR count). The van der Waals surface area contributed by atoms with Crippen LogP contribution in [0.5, 0.6) is 0 Å². The predicted octanol–water partition coefficient (Wildman–Crippen LogP) is -3.76. The molecule has 10 nitrogen and oxygen atoms in total. The van der Waals surface area contributed by atoms with Crippen molar-refractivity contribution in [2.75, 3.05) is 0 Å².